The minimum atomic E-state index is 0.109. The van der Waals surface area contributed by atoms with Crippen LogP contribution in [-0.2, 0) is 9.47 Å². The summed E-state index contributed by atoms with van der Waals surface area (Å²) >= 11 is 0. The Labute approximate surface area is 206 Å². The van der Waals surface area contributed by atoms with Crippen molar-refractivity contribution in [2.45, 2.75) is 12.5 Å². The van der Waals surface area contributed by atoms with Gasteiger partial charge in [-0.3, -0.25) is 0 Å². The van der Waals surface area contributed by atoms with Crippen molar-refractivity contribution < 1.29 is 9.47 Å². The van der Waals surface area contributed by atoms with Crippen LogP contribution >= 0.6 is 0 Å². The molecule has 1 aromatic heterocycles. The Morgan fingerprint density at radius 1 is 0.686 bits per heavy atom. The number of ether oxygens (including phenoxy) is 2. The van der Waals surface area contributed by atoms with Crippen molar-refractivity contribution in [3.05, 3.63) is 84.1 Å². The molecule has 7 heteroatoms. The number of rotatable bonds is 5. The van der Waals surface area contributed by atoms with Gasteiger partial charge in [-0.15, -0.1) is 0 Å². The van der Waals surface area contributed by atoms with E-state index in [1.807, 2.05) is 24.4 Å². The first-order valence-corrected chi connectivity index (χ1v) is 12.5. The second-order valence-electron chi connectivity index (χ2n) is 9.14. The van der Waals surface area contributed by atoms with Gasteiger partial charge in [-0.25, -0.2) is 9.99 Å². The largest absolute Gasteiger partial charge is 0.378 e. The van der Waals surface area contributed by atoms with Crippen molar-refractivity contribution in [1.82, 2.24) is 4.98 Å². The SMILES string of the molecule is c1ccc(N2N=C(c3ccc(N4CCOCC4)cc3)CC2c2ccc(N3CCOCC3)cc2)nc1. The fourth-order valence-electron chi connectivity index (χ4n) is 5.06. The van der Waals surface area contributed by atoms with E-state index in [1.54, 1.807) is 0 Å². The number of benzene rings is 2. The molecule has 2 aromatic carbocycles. The second kappa shape index (κ2) is 10.1. The first kappa shape index (κ1) is 22.1. The van der Waals surface area contributed by atoms with Crippen molar-refractivity contribution in [2.75, 3.05) is 67.4 Å². The summed E-state index contributed by atoms with van der Waals surface area (Å²) in [7, 11) is 0. The standard InChI is InChI=1S/C28H31N5O2/c1-2-12-29-28(3-1)33-27(23-6-10-25(11-7-23)32-15-19-35-20-16-32)21-26(30-33)22-4-8-24(9-5-22)31-13-17-34-18-14-31/h1-12,27H,13-21H2. The lowest BCUT2D eigenvalue weighted by Crippen LogP contribution is -2.36. The molecule has 1 atom stereocenters. The van der Waals surface area contributed by atoms with Crippen LogP contribution in [-0.4, -0.2) is 63.3 Å². The summed E-state index contributed by atoms with van der Waals surface area (Å²) in [4.78, 5) is 9.37. The van der Waals surface area contributed by atoms with E-state index in [4.69, 9.17) is 14.6 Å². The van der Waals surface area contributed by atoms with Crippen molar-refractivity contribution in [2.24, 2.45) is 5.10 Å². The average Bonchev–Trinajstić information content (AvgIpc) is 3.40. The van der Waals surface area contributed by atoms with Crippen LogP contribution in [0.2, 0.25) is 0 Å². The molecule has 2 saturated heterocycles. The van der Waals surface area contributed by atoms with Gasteiger partial charge >= 0.3 is 0 Å². The number of pyridine rings is 1. The zero-order chi connectivity index (χ0) is 23.5. The first-order chi connectivity index (χ1) is 17.3. The minimum Gasteiger partial charge on any atom is -0.378 e. The highest BCUT2D eigenvalue weighted by Crippen LogP contribution is 2.36. The van der Waals surface area contributed by atoms with E-state index < -0.39 is 0 Å². The Kier molecular flexibility index (Phi) is 6.34. The van der Waals surface area contributed by atoms with Crippen molar-refractivity contribution in [3.63, 3.8) is 0 Å². The third-order valence-corrected chi connectivity index (χ3v) is 7.03. The monoisotopic (exact) mass is 469 g/mol. The molecule has 3 aliphatic rings. The molecule has 0 saturated carbocycles. The molecular weight excluding hydrogens is 438 g/mol. The van der Waals surface area contributed by atoms with E-state index >= 15 is 0 Å². The number of aromatic nitrogens is 1. The van der Waals surface area contributed by atoms with Gasteiger partial charge < -0.3 is 19.3 Å². The molecule has 0 radical (unpaired) electrons. The summed E-state index contributed by atoms with van der Waals surface area (Å²) < 4.78 is 11.0. The van der Waals surface area contributed by atoms with Gasteiger partial charge in [0, 0.05) is 50.2 Å². The Balaban J connectivity index is 1.25. The molecule has 3 aromatic rings. The van der Waals surface area contributed by atoms with Gasteiger partial charge in [0.05, 0.1) is 38.2 Å². The van der Waals surface area contributed by atoms with Gasteiger partial charge in [-0.05, 0) is 47.5 Å². The van der Waals surface area contributed by atoms with E-state index in [9.17, 15) is 0 Å². The summed E-state index contributed by atoms with van der Waals surface area (Å²) in [6, 6.07) is 23.9. The third-order valence-electron chi connectivity index (χ3n) is 7.03. The van der Waals surface area contributed by atoms with Gasteiger partial charge in [0.25, 0.3) is 0 Å². The van der Waals surface area contributed by atoms with Crippen LogP contribution in [0.15, 0.2) is 78.0 Å². The Hall–Kier alpha value is -3.42. The fraction of sp³-hybridized carbons (Fsp3) is 0.357. The number of hydrazone groups is 1. The molecule has 2 fully saturated rings. The molecule has 0 amide bonds. The Bertz CT molecular complexity index is 1140. The predicted octanol–water partition coefficient (Wildman–Crippen LogP) is 4.11. The number of anilines is 3. The molecule has 0 spiro atoms. The zero-order valence-electron chi connectivity index (χ0n) is 19.9. The molecular formula is C28H31N5O2. The highest BCUT2D eigenvalue weighted by atomic mass is 16.5. The average molecular weight is 470 g/mol. The number of hydrogen-bond acceptors (Lipinski definition) is 7. The normalized spacial score (nSPS) is 20.7. The number of morpholine rings is 2. The number of nitrogens with zero attached hydrogens (tertiary/aromatic N) is 5. The van der Waals surface area contributed by atoms with Crippen LogP contribution in [0.1, 0.15) is 23.6 Å². The van der Waals surface area contributed by atoms with Crippen LogP contribution in [0, 0.1) is 0 Å². The van der Waals surface area contributed by atoms with Crippen LogP contribution in [0.5, 0.6) is 0 Å². The van der Waals surface area contributed by atoms with Crippen LogP contribution in [0.3, 0.4) is 0 Å². The van der Waals surface area contributed by atoms with Gasteiger partial charge in [-0.1, -0.05) is 30.3 Å². The molecule has 6 rings (SSSR count). The predicted molar refractivity (Wildman–Crippen MR) is 140 cm³/mol. The molecule has 0 aliphatic carbocycles. The smallest absolute Gasteiger partial charge is 0.149 e. The van der Waals surface area contributed by atoms with Crippen molar-refractivity contribution >= 4 is 22.9 Å². The maximum absolute atomic E-state index is 5.51. The molecule has 7 nitrogen and oxygen atoms in total. The lowest BCUT2D eigenvalue weighted by molar-refractivity contribution is 0.122. The Morgan fingerprint density at radius 2 is 1.29 bits per heavy atom. The van der Waals surface area contributed by atoms with Crippen molar-refractivity contribution in [1.29, 1.82) is 0 Å². The first-order valence-electron chi connectivity index (χ1n) is 12.5. The lowest BCUT2D eigenvalue weighted by Gasteiger charge is -2.29. The molecule has 0 N–H and O–H groups in total. The summed E-state index contributed by atoms with van der Waals surface area (Å²) in [5.74, 6) is 0.870. The van der Waals surface area contributed by atoms with Crippen LogP contribution < -0.4 is 14.8 Å². The van der Waals surface area contributed by atoms with Crippen LogP contribution in [0.4, 0.5) is 17.2 Å². The maximum atomic E-state index is 5.51. The molecule has 35 heavy (non-hydrogen) atoms. The topological polar surface area (TPSA) is 53.4 Å². The lowest BCUT2D eigenvalue weighted by atomic mass is 9.98. The molecule has 0 bridgehead atoms. The highest BCUT2D eigenvalue weighted by Gasteiger charge is 2.31. The zero-order valence-corrected chi connectivity index (χ0v) is 19.9. The summed E-state index contributed by atoms with van der Waals surface area (Å²) in [6.45, 7) is 6.93. The quantitative estimate of drug-likeness (QED) is 0.561. The van der Waals surface area contributed by atoms with E-state index in [0.717, 1.165) is 76.1 Å². The number of hydrogen-bond donors (Lipinski definition) is 0. The van der Waals surface area contributed by atoms with E-state index in [0.29, 0.717) is 0 Å². The van der Waals surface area contributed by atoms with Gasteiger partial charge in [0.15, 0.2) is 0 Å². The molecule has 180 valence electrons. The Morgan fingerprint density at radius 3 is 1.86 bits per heavy atom. The fourth-order valence-corrected chi connectivity index (χ4v) is 5.06. The summed E-state index contributed by atoms with van der Waals surface area (Å²) in [6.07, 6.45) is 2.67. The van der Waals surface area contributed by atoms with Gasteiger partial charge in [0.2, 0.25) is 0 Å². The third kappa shape index (κ3) is 4.74. The van der Waals surface area contributed by atoms with E-state index in [-0.39, 0.29) is 6.04 Å². The van der Waals surface area contributed by atoms with Gasteiger partial charge in [-0.2, -0.15) is 5.10 Å². The maximum Gasteiger partial charge on any atom is 0.149 e. The molecule has 4 heterocycles. The van der Waals surface area contributed by atoms with E-state index in [1.165, 1.54) is 16.9 Å². The second-order valence-corrected chi connectivity index (χ2v) is 9.14. The van der Waals surface area contributed by atoms with Crippen molar-refractivity contribution in [3.8, 4) is 0 Å². The molecule has 1 unspecified atom stereocenters. The summed E-state index contributed by atoms with van der Waals surface area (Å²) in [5, 5.41) is 7.15. The summed E-state index contributed by atoms with van der Waals surface area (Å²) in [5.41, 5.74) is 5.99. The molecule has 3 aliphatic heterocycles. The van der Waals surface area contributed by atoms with E-state index in [2.05, 4.69) is 68.3 Å². The minimum absolute atomic E-state index is 0.109. The highest BCUT2D eigenvalue weighted by molar-refractivity contribution is 6.03. The van der Waals surface area contributed by atoms with Gasteiger partial charge in [0.1, 0.15) is 5.82 Å². The van der Waals surface area contributed by atoms with Crippen LogP contribution in [0.25, 0.3) is 0 Å².